The van der Waals surface area contributed by atoms with Crippen LogP contribution in [0.25, 0.3) is 0 Å². The minimum atomic E-state index is -0.280. The van der Waals surface area contributed by atoms with Crippen LogP contribution in [-0.2, 0) is 9.59 Å². The van der Waals surface area contributed by atoms with Crippen molar-refractivity contribution in [2.45, 2.75) is 49.2 Å². The molecule has 6 nitrogen and oxygen atoms in total. The van der Waals surface area contributed by atoms with Crippen molar-refractivity contribution in [3.8, 4) is 11.5 Å². The minimum absolute atomic E-state index is 0.0893. The van der Waals surface area contributed by atoms with Gasteiger partial charge in [-0.1, -0.05) is 19.3 Å². The van der Waals surface area contributed by atoms with Gasteiger partial charge >= 0.3 is 0 Å². The molecule has 1 saturated carbocycles. The summed E-state index contributed by atoms with van der Waals surface area (Å²) < 4.78 is 10.6. The van der Waals surface area contributed by atoms with Crippen LogP contribution in [0.3, 0.4) is 0 Å². The number of carbonyl (C=O) groups excluding carboxylic acids is 2. The quantitative estimate of drug-likeness (QED) is 0.632. The van der Waals surface area contributed by atoms with Crippen molar-refractivity contribution in [3.63, 3.8) is 0 Å². The lowest BCUT2D eigenvalue weighted by molar-refractivity contribution is -0.120. The zero-order chi connectivity index (χ0) is 20.9. The van der Waals surface area contributed by atoms with Crippen LogP contribution in [0.4, 0.5) is 11.4 Å². The molecule has 1 atom stereocenters. The van der Waals surface area contributed by atoms with Crippen LogP contribution in [0.1, 0.15) is 39.0 Å². The number of nitrogens with one attached hydrogen (secondary N) is 2. The predicted molar refractivity (Wildman–Crippen MR) is 118 cm³/mol. The summed E-state index contributed by atoms with van der Waals surface area (Å²) in [5.74, 6) is 1.48. The van der Waals surface area contributed by atoms with Gasteiger partial charge in [0.25, 0.3) is 0 Å². The van der Waals surface area contributed by atoms with E-state index in [2.05, 4.69) is 10.6 Å². The summed E-state index contributed by atoms with van der Waals surface area (Å²) in [7, 11) is 0. The summed E-state index contributed by atoms with van der Waals surface area (Å²) in [6.07, 6.45) is 5.47. The fourth-order valence-electron chi connectivity index (χ4n) is 3.70. The number of rotatable bonds is 6. The molecule has 0 bridgehead atoms. The molecular weight excluding hydrogens is 400 g/mol. The maximum Gasteiger partial charge on any atom is 0.237 e. The Bertz CT molecular complexity index is 910. The van der Waals surface area contributed by atoms with Gasteiger partial charge in [-0.3, -0.25) is 9.59 Å². The van der Waals surface area contributed by atoms with Crippen molar-refractivity contribution < 1.29 is 19.1 Å². The van der Waals surface area contributed by atoms with Crippen molar-refractivity contribution in [1.82, 2.24) is 0 Å². The van der Waals surface area contributed by atoms with E-state index in [1.807, 2.05) is 31.2 Å². The normalized spacial score (nSPS) is 16.7. The molecule has 2 N–H and O–H groups in total. The molecule has 158 valence electrons. The molecule has 1 fully saturated rings. The Morgan fingerprint density at radius 2 is 1.63 bits per heavy atom. The number of hydrogen-bond acceptors (Lipinski definition) is 5. The third-order valence-corrected chi connectivity index (χ3v) is 6.53. The second kappa shape index (κ2) is 9.43. The first-order chi connectivity index (χ1) is 14.6. The standard InChI is InChI=1S/C23H26N2O4S/c1-15(22(26)25-18-9-12-20-21(13-18)29-14-28-20)30-19-10-7-17(8-11-19)24-23(27)16-5-3-2-4-6-16/h7-13,15-16H,2-6,14H2,1H3,(H,24,27)(H,25,26). The number of carbonyl (C=O) groups is 2. The summed E-state index contributed by atoms with van der Waals surface area (Å²) in [6, 6.07) is 13.0. The first-order valence-electron chi connectivity index (χ1n) is 10.4. The molecule has 1 aliphatic heterocycles. The van der Waals surface area contributed by atoms with Gasteiger partial charge < -0.3 is 20.1 Å². The summed E-state index contributed by atoms with van der Waals surface area (Å²) in [4.78, 5) is 25.9. The van der Waals surface area contributed by atoms with E-state index in [0.29, 0.717) is 17.2 Å². The second-order valence-electron chi connectivity index (χ2n) is 7.67. The average molecular weight is 427 g/mol. The van der Waals surface area contributed by atoms with Gasteiger partial charge in [0, 0.05) is 28.3 Å². The number of fused-ring (bicyclic) bond motifs is 1. The van der Waals surface area contributed by atoms with E-state index in [-0.39, 0.29) is 29.8 Å². The third kappa shape index (κ3) is 5.08. The summed E-state index contributed by atoms with van der Waals surface area (Å²) in [5, 5.41) is 5.65. The predicted octanol–water partition coefficient (Wildman–Crippen LogP) is 5.05. The molecule has 2 aromatic carbocycles. The largest absolute Gasteiger partial charge is 0.454 e. The van der Waals surface area contributed by atoms with E-state index < -0.39 is 0 Å². The lowest BCUT2D eigenvalue weighted by atomic mass is 9.88. The van der Waals surface area contributed by atoms with Crippen LogP contribution < -0.4 is 20.1 Å². The molecule has 2 aliphatic rings. The Morgan fingerprint density at radius 1 is 0.933 bits per heavy atom. The maximum absolute atomic E-state index is 12.5. The Hall–Kier alpha value is -2.67. The Labute approximate surface area is 180 Å². The molecule has 4 rings (SSSR count). The van der Waals surface area contributed by atoms with Crippen LogP contribution in [0.2, 0.25) is 0 Å². The number of thioether (sulfide) groups is 1. The van der Waals surface area contributed by atoms with Crippen LogP contribution in [0.5, 0.6) is 11.5 Å². The van der Waals surface area contributed by atoms with Crippen LogP contribution in [-0.4, -0.2) is 23.9 Å². The van der Waals surface area contributed by atoms with Gasteiger partial charge in [-0.15, -0.1) is 11.8 Å². The molecule has 1 heterocycles. The Balaban J connectivity index is 1.29. The molecule has 0 saturated heterocycles. The Kier molecular flexibility index (Phi) is 6.47. The first-order valence-corrected chi connectivity index (χ1v) is 11.2. The maximum atomic E-state index is 12.5. The van der Waals surface area contributed by atoms with Gasteiger partial charge in [0.05, 0.1) is 5.25 Å². The average Bonchev–Trinajstić information content (AvgIpc) is 3.23. The summed E-state index contributed by atoms with van der Waals surface area (Å²) in [6.45, 7) is 2.07. The molecule has 0 radical (unpaired) electrons. The molecule has 0 spiro atoms. The molecule has 30 heavy (non-hydrogen) atoms. The van der Waals surface area contributed by atoms with E-state index >= 15 is 0 Å². The molecule has 2 amide bonds. The zero-order valence-electron chi connectivity index (χ0n) is 17.0. The third-order valence-electron chi connectivity index (χ3n) is 5.42. The van der Waals surface area contributed by atoms with Crippen molar-refractivity contribution >= 4 is 35.0 Å². The highest BCUT2D eigenvalue weighted by Crippen LogP contribution is 2.34. The number of benzene rings is 2. The van der Waals surface area contributed by atoms with E-state index in [9.17, 15) is 9.59 Å². The number of anilines is 2. The highest BCUT2D eigenvalue weighted by molar-refractivity contribution is 8.00. The van der Waals surface area contributed by atoms with Gasteiger partial charge in [-0.2, -0.15) is 0 Å². The fraction of sp³-hybridized carbons (Fsp3) is 0.391. The van der Waals surface area contributed by atoms with Crippen molar-refractivity contribution in [2.75, 3.05) is 17.4 Å². The van der Waals surface area contributed by atoms with Gasteiger partial charge in [0.15, 0.2) is 11.5 Å². The van der Waals surface area contributed by atoms with E-state index in [1.165, 1.54) is 18.2 Å². The van der Waals surface area contributed by atoms with Crippen molar-refractivity contribution in [2.24, 2.45) is 5.92 Å². The van der Waals surface area contributed by atoms with E-state index in [0.717, 1.165) is 36.3 Å². The van der Waals surface area contributed by atoms with Gasteiger partial charge in [-0.05, 0) is 56.2 Å². The van der Waals surface area contributed by atoms with Crippen LogP contribution >= 0.6 is 11.8 Å². The Morgan fingerprint density at radius 3 is 2.40 bits per heavy atom. The lowest BCUT2D eigenvalue weighted by Gasteiger charge is -2.20. The number of amides is 2. The molecular formula is C23H26N2O4S. The number of ether oxygens (including phenoxy) is 2. The first kappa shape index (κ1) is 20.6. The van der Waals surface area contributed by atoms with Gasteiger partial charge in [0.1, 0.15) is 0 Å². The zero-order valence-corrected chi connectivity index (χ0v) is 17.8. The van der Waals surface area contributed by atoms with Crippen LogP contribution in [0, 0.1) is 5.92 Å². The highest BCUT2D eigenvalue weighted by atomic mass is 32.2. The lowest BCUT2D eigenvalue weighted by Crippen LogP contribution is -2.24. The fourth-order valence-corrected chi connectivity index (χ4v) is 4.57. The van der Waals surface area contributed by atoms with Crippen molar-refractivity contribution in [3.05, 3.63) is 42.5 Å². The van der Waals surface area contributed by atoms with Gasteiger partial charge in [-0.25, -0.2) is 0 Å². The summed E-state index contributed by atoms with van der Waals surface area (Å²) in [5.41, 5.74) is 1.48. The van der Waals surface area contributed by atoms with E-state index in [4.69, 9.17) is 9.47 Å². The topological polar surface area (TPSA) is 76.7 Å². The summed E-state index contributed by atoms with van der Waals surface area (Å²) >= 11 is 1.47. The smallest absolute Gasteiger partial charge is 0.237 e. The SMILES string of the molecule is CC(Sc1ccc(NC(=O)C2CCCCC2)cc1)C(=O)Nc1ccc2c(c1)OCO2. The molecule has 1 aliphatic carbocycles. The van der Waals surface area contributed by atoms with Crippen molar-refractivity contribution in [1.29, 1.82) is 0 Å². The highest BCUT2D eigenvalue weighted by Gasteiger charge is 2.21. The molecule has 7 heteroatoms. The van der Waals surface area contributed by atoms with Crippen LogP contribution in [0.15, 0.2) is 47.4 Å². The monoisotopic (exact) mass is 426 g/mol. The number of hydrogen-bond donors (Lipinski definition) is 2. The molecule has 0 aromatic heterocycles. The van der Waals surface area contributed by atoms with Gasteiger partial charge in [0.2, 0.25) is 18.6 Å². The molecule has 2 aromatic rings. The molecule has 1 unspecified atom stereocenters. The second-order valence-corrected chi connectivity index (χ2v) is 9.08. The van der Waals surface area contributed by atoms with E-state index in [1.54, 1.807) is 18.2 Å². The minimum Gasteiger partial charge on any atom is -0.454 e.